The first-order valence-corrected chi connectivity index (χ1v) is 5.90. The molecule has 0 spiro atoms. The van der Waals surface area contributed by atoms with Crippen LogP contribution in [0.3, 0.4) is 0 Å². The number of aliphatic hydroxyl groups excluding tert-OH is 1. The summed E-state index contributed by atoms with van der Waals surface area (Å²) in [6.07, 6.45) is 1.55. The fourth-order valence-corrected chi connectivity index (χ4v) is 1.81. The number of nitrogens with one attached hydrogen (secondary N) is 1. The van der Waals surface area contributed by atoms with Crippen LogP contribution in [0.15, 0.2) is 30.3 Å². The molecule has 1 aromatic rings. The van der Waals surface area contributed by atoms with Crippen molar-refractivity contribution in [2.75, 3.05) is 0 Å². The summed E-state index contributed by atoms with van der Waals surface area (Å²) in [4.78, 5) is 0. The van der Waals surface area contributed by atoms with Gasteiger partial charge in [-0.1, -0.05) is 31.0 Å². The van der Waals surface area contributed by atoms with E-state index in [9.17, 15) is 5.11 Å². The number of hydrogen-bond acceptors (Lipinski definition) is 3. The van der Waals surface area contributed by atoms with Gasteiger partial charge in [0.15, 0.2) is 6.10 Å². The molecule has 0 aliphatic heterocycles. The number of aliphatic hydroxyl groups is 1. The SMILES string of the molecule is N=C(N)C(Oc1ccccc1)C(O)CC1CC1. The zero-order valence-corrected chi connectivity index (χ0v) is 9.67. The van der Waals surface area contributed by atoms with Crippen LogP contribution in [0.2, 0.25) is 0 Å². The Bertz CT molecular complexity index is 376. The summed E-state index contributed by atoms with van der Waals surface area (Å²) in [7, 11) is 0. The molecule has 0 bridgehead atoms. The van der Waals surface area contributed by atoms with Crippen molar-refractivity contribution in [3.05, 3.63) is 30.3 Å². The highest BCUT2D eigenvalue weighted by atomic mass is 16.5. The summed E-state index contributed by atoms with van der Waals surface area (Å²) in [5.74, 6) is 1.08. The monoisotopic (exact) mass is 234 g/mol. The summed E-state index contributed by atoms with van der Waals surface area (Å²) in [6, 6.07) is 9.16. The lowest BCUT2D eigenvalue weighted by Crippen LogP contribution is -2.43. The molecule has 2 rings (SSSR count). The lowest BCUT2D eigenvalue weighted by molar-refractivity contribution is 0.0631. The fraction of sp³-hybridized carbons (Fsp3) is 0.462. The molecular formula is C13H18N2O2. The van der Waals surface area contributed by atoms with Crippen LogP contribution >= 0.6 is 0 Å². The Labute approximate surface area is 101 Å². The van der Waals surface area contributed by atoms with Crippen LogP contribution in [-0.2, 0) is 0 Å². The molecular weight excluding hydrogens is 216 g/mol. The van der Waals surface area contributed by atoms with Crippen molar-refractivity contribution in [1.82, 2.24) is 0 Å². The predicted octanol–water partition coefficient (Wildman–Crippen LogP) is 1.53. The number of rotatable bonds is 6. The van der Waals surface area contributed by atoms with Crippen LogP contribution in [0.25, 0.3) is 0 Å². The molecule has 1 saturated carbocycles. The maximum absolute atomic E-state index is 10.0. The zero-order valence-electron chi connectivity index (χ0n) is 9.67. The Hall–Kier alpha value is -1.55. The van der Waals surface area contributed by atoms with Gasteiger partial charge >= 0.3 is 0 Å². The number of nitrogens with two attached hydrogens (primary N) is 1. The lowest BCUT2D eigenvalue weighted by atomic mass is 10.1. The molecule has 4 heteroatoms. The van der Waals surface area contributed by atoms with E-state index in [1.54, 1.807) is 12.1 Å². The second-order valence-corrected chi connectivity index (χ2v) is 4.55. The first kappa shape index (κ1) is 11.9. The number of amidine groups is 1. The molecule has 0 saturated heterocycles. The van der Waals surface area contributed by atoms with E-state index in [4.69, 9.17) is 15.9 Å². The largest absolute Gasteiger partial charge is 0.480 e. The van der Waals surface area contributed by atoms with Gasteiger partial charge in [-0.05, 0) is 24.5 Å². The standard InChI is InChI=1S/C13H18N2O2/c14-13(15)12(11(16)8-9-6-7-9)17-10-4-2-1-3-5-10/h1-5,9,11-12,16H,6-8H2,(H3,14,15). The first-order chi connectivity index (χ1) is 8.16. The molecule has 0 radical (unpaired) electrons. The van der Waals surface area contributed by atoms with Gasteiger partial charge in [0.25, 0.3) is 0 Å². The van der Waals surface area contributed by atoms with Gasteiger partial charge < -0.3 is 15.6 Å². The van der Waals surface area contributed by atoms with Gasteiger partial charge in [0, 0.05) is 0 Å². The van der Waals surface area contributed by atoms with E-state index < -0.39 is 12.2 Å². The third kappa shape index (κ3) is 3.46. The Morgan fingerprint density at radius 1 is 1.41 bits per heavy atom. The first-order valence-electron chi connectivity index (χ1n) is 5.90. The van der Waals surface area contributed by atoms with Gasteiger partial charge in [0.2, 0.25) is 0 Å². The molecule has 1 aromatic carbocycles. The minimum atomic E-state index is -0.738. The molecule has 17 heavy (non-hydrogen) atoms. The smallest absolute Gasteiger partial charge is 0.180 e. The highest BCUT2D eigenvalue weighted by Crippen LogP contribution is 2.34. The molecule has 0 heterocycles. The van der Waals surface area contributed by atoms with E-state index in [1.807, 2.05) is 18.2 Å². The van der Waals surface area contributed by atoms with E-state index in [0.29, 0.717) is 18.1 Å². The maximum Gasteiger partial charge on any atom is 0.180 e. The van der Waals surface area contributed by atoms with Gasteiger partial charge in [-0.25, -0.2) is 0 Å². The van der Waals surface area contributed by atoms with Gasteiger partial charge in [-0.3, -0.25) is 5.41 Å². The highest BCUT2D eigenvalue weighted by Gasteiger charge is 2.31. The summed E-state index contributed by atoms with van der Waals surface area (Å²) in [5, 5.41) is 17.5. The second kappa shape index (κ2) is 5.19. The molecule has 4 nitrogen and oxygen atoms in total. The Balaban J connectivity index is 1.98. The number of ether oxygens (including phenoxy) is 1. The Kier molecular flexibility index (Phi) is 3.64. The predicted molar refractivity (Wildman–Crippen MR) is 66.1 cm³/mol. The van der Waals surface area contributed by atoms with Gasteiger partial charge in [0.1, 0.15) is 11.6 Å². The average molecular weight is 234 g/mol. The van der Waals surface area contributed by atoms with Crippen molar-refractivity contribution in [1.29, 1.82) is 5.41 Å². The summed E-state index contributed by atoms with van der Waals surface area (Å²) in [5.41, 5.74) is 5.48. The van der Waals surface area contributed by atoms with Gasteiger partial charge in [0.05, 0.1) is 6.10 Å². The third-order valence-electron chi connectivity index (χ3n) is 2.93. The van der Waals surface area contributed by atoms with Crippen molar-refractivity contribution in [3.63, 3.8) is 0 Å². The second-order valence-electron chi connectivity index (χ2n) is 4.55. The topological polar surface area (TPSA) is 79.3 Å². The van der Waals surface area contributed by atoms with E-state index >= 15 is 0 Å². The van der Waals surface area contributed by atoms with Crippen LogP contribution < -0.4 is 10.5 Å². The minimum absolute atomic E-state index is 0.123. The maximum atomic E-state index is 10.0. The fourth-order valence-electron chi connectivity index (χ4n) is 1.81. The van der Waals surface area contributed by atoms with Crippen LogP contribution in [0.4, 0.5) is 0 Å². The van der Waals surface area contributed by atoms with Crippen molar-refractivity contribution < 1.29 is 9.84 Å². The molecule has 2 atom stereocenters. The van der Waals surface area contributed by atoms with E-state index in [-0.39, 0.29) is 5.84 Å². The average Bonchev–Trinajstić information content (AvgIpc) is 3.10. The third-order valence-corrected chi connectivity index (χ3v) is 2.93. The molecule has 92 valence electrons. The van der Waals surface area contributed by atoms with Crippen LogP contribution in [0, 0.1) is 11.3 Å². The zero-order chi connectivity index (χ0) is 12.3. The molecule has 1 aliphatic rings. The highest BCUT2D eigenvalue weighted by molar-refractivity contribution is 5.82. The molecule has 1 fully saturated rings. The molecule has 4 N–H and O–H groups in total. The molecule has 2 unspecified atom stereocenters. The van der Waals surface area contributed by atoms with E-state index in [0.717, 1.165) is 12.8 Å². The minimum Gasteiger partial charge on any atom is -0.480 e. The number of benzene rings is 1. The van der Waals surface area contributed by atoms with Crippen LogP contribution in [-0.4, -0.2) is 23.2 Å². The van der Waals surface area contributed by atoms with Gasteiger partial charge in [-0.15, -0.1) is 0 Å². The Morgan fingerprint density at radius 2 is 2.06 bits per heavy atom. The van der Waals surface area contributed by atoms with Crippen molar-refractivity contribution in [2.45, 2.75) is 31.5 Å². The normalized spacial score (nSPS) is 18.4. The molecule has 1 aliphatic carbocycles. The quantitative estimate of drug-likeness (QED) is 0.516. The molecule has 0 aromatic heterocycles. The van der Waals surface area contributed by atoms with Crippen molar-refractivity contribution >= 4 is 5.84 Å². The molecule has 0 amide bonds. The van der Waals surface area contributed by atoms with Crippen molar-refractivity contribution in [3.8, 4) is 5.75 Å². The lowest BCUT2D eigenvalue weighted by Gasteiger charge is -2.23. The number of para-hydroxylation sites is 1. The van der Waals surface area contributed by atoms with Gasteiger partial charge in [-0.2, -0.15) is 0 Å². The van der Waals surface area contributed by atoms with Crippen LogP contribution in [0.1, 0.15) is 19.3 Å². The summed E-state index contributed by atoms with van der Waals surface area (Å²) >= 11 is 0. The van der Waals surface area contributed by atoms with Crippen LogP contribution in [0.5, 0.6) is 5.75 Å². The van der Waals surface area contributed by atoms with E-state index in [2.05, 4.69) is 0 Å². The Morgan fingerprint density at radius 3 is 2.59 bits per heavy atom. The van der Waals surface area contributed by atoms with Crippen molar-refractivity contribution in [2.24, 2.45) is 11.7 Å². The van der Waals surface area contributed by atoms with E-state index in [1.165, 1.54) is 0 Å². The summed E-state index contributed by atoms with van der Waals surface area (Å²) < 4.78 is 5.57. The summed E-state index contributed by atoms with van der Waals surface area (Å²) in [6.45, 7) is 0. The number of hydrogen-bond donors (Lipinski definition) is 3.